The molecule has 0 fully saturated rings. The summed E-state index contributed by atoms with van der Waals surface area (Å²) in [6.07, 6.45) is -1.23. The molecular weight excluding hydrogens is 258 g/mol. The summed E-state index contributed by atoms with van der Waals surface area (Å²) in [6.45, 7) is 1.29. The molecule has 0 saturated heterocycles. The number of nitrogens with zero attached hydrogens (tertiary/aromatic N) is 2. The molecule has 0 aliphatic rings. The first kappa shape index (κ1) is 14.9. The Hall–Kier alpha value is -2.20. The van der Waals surface area contributed by atoms with Crippen LogP contribution in [0, 0.1) is 0 Å². The molecule has 19 heavy (non-hydrogen) atoms. The topological polar surface area (TPSA) is 164 Å². The van der Waals surface area contributed by atoms with Gasteiger partial charge in [0.2, 0.25) is 5.89 Å². The number of aliphatic hydroxyl groups excluding tert-OH is 1. The van der Waals surface area contributed by atoms with Gasteiger partial charge in [0.1, 0.15) is 0 Å². The quantitative estimate of drug-likeness (QED) is 0.403. The van der Waals surface area contributed by atoms with E-state index in [1.165, 1.54) is 6.92 Å². The highest BCUT2D eigenvalue weighted by atomic mass is 16.5. The van der Waals surface area contributed by atoms with E-state index in [2.05, 4.69) is 20.8 Å². The van der Waals surface area contributed by atoms with Gasteiger partial charge in [-0.25, -0.2) is 9.59 Å². The van der Waals surface area contributed by atoms with Crippen LogP contribution in [0.1, 0.15) is 18.6 Å². The van der Waals surface area contributed by atoms with Gasteiger partial charge >= 0.3 is 12.0 Å². The number of nitrogens with one attached hydrogen (secondary N) is 2. The van der Waals surface area contributed by atoms with Gasteiger partial charge in [0.05, 0.1) is 19.2 Å². The van der Waals surface area contributed by atoms with Crippen molar-refractivity contribution in [1.29, 1.82) is 0 Å². The largest absolute Gasteiger partial charge is 0.480 e. The first-order valence-corrected chi connectivity index (χ1v) is 5.40. The number of aromatic nitrogens is 2. The van der Waals surface area contributed by atoms with E-state index in [9.17, 15) is 14.7 Å². The number of carbonyl (C=O) groups excluding carboxylic acids is 1. The average Bonchev–Trinajstić information content (AvgIpc) is 2.80. The van der Waals surface area contributed by atoms with Gasteiger partial charge in [0.15, 0.2) is 11.9 Å². The van der Waals surface area contributed by atoms with E-state index in [-0.39, 0.29) is 19.0 Å². The average molecular weight is 273 g/mol. The van der Waals surface area contributed by atoms with Gasteiger partial charge in [-0.1, -0.05) is 5.16 Å². The van der Waals surface area contributed by atoms with E-state index < -0.39 is 24.1 Å². The Morgan fingerprint density at radius 1 is 1.53 bits per heavy atom. The summed E-state index contributed by atoms with van der Waals surface area (Å²) in [5.41, 5.74) is 5.27. The van der Waals surface area contributed by atoms with Gasteiger partial charge in [-0.15, -0.1) is 0 Å². The normalized spacial score (nSPS) is 13.6. The van der Waals surface area contributed by atoms with Crippen LogP contribution in [0.5, 0.6) is 0 Å². The molecule has 0 aromatic carbocycles. The molecule has 1 heterocycles. The Morgan fingerprint density at radius 2 is 2.21 bits per heavy atom. The molecular formula is C9H15N5O5. The van der Waals surface area contributed by atoms with Gasteiger partial charge < -0.3 is 31.1 Å². The molecule has 1 rings (SSSR count). The predicted octanol–water partition coefficient (Wildman–Crippen LogP) is -1.84. The van der Waals surface area contributed by atoms with Crippen molar-refractivity contribution >= 4 is 12.0 Å². The van der Waals surface area contributed by atoms with Crippen LogP contribution in [0.4, 0.5) is 4.79 Å². The highest BCUT2D eigenvalue weighted by molar-refractivity contribution is 5.82. The van der Waals surface area contributed by atoms with E-state index in [0.717, 1.165) is 0 Å². The number of carboxylic acids is 1. The number of hydrogen-bond donors (Lipinski definition) is 5. The van der Waals surface area contributed by atoms with E-state index in [0.29, 0.717) is 5.82 Å². The zero-order chi connectivity index (χ0) is 14.4. The van der Waals surface area contributed by atoms with Crippen LogP contribution >= 0.6 is 0 Å². The Balaban J connectivity index is 2.44. The second-order valence-electron chi connectivity index (χ2n) is 3.69. The van der Waals surface area contributed by atoms with Gasteiger partial charge in [-0.3, -0.25) is 0 Å². The fourth-order valence-electron chi connectivity index (χ4n) is 1.18. The van der Waals surface area contributed by atoms with E-state index >= 15 is 0 Å². The van der Waals surface area contributed by atoms with Crippen molar-refractivity contribution < 1.29 is 24.3 Å². The summed E-state index contributed by atoms with van der Waals surface area (Å²) >= 11 is 0. The molecule has 6 N–H and O–H groups in total. The molecule has 1 aromatic rings. The van der Waals surface area contributed by atoms with Gasteiger partial charge in [0.25, 0.3) is 0 Å². The zero-order valence-corrected chi connectivity index (χ0v) is 10.2. The molecule has 0 radical (unpaired) electrons. The smallest absolute Gasteiger partial charge is 0.328 e. The summed E-state index contributed by atoms with van der Waals surface area (Å²) in [7, 11) is 0. The van der Waals surface area contributed by atoms with Crippen LogP contribution in [0.25, 0.3) is 0 Å². The number of carbonyl (C=O) groups is 2. The van der Waals surface area contributed by atoms with Crippen molar-refractivity contribution in [2.24, 2.45) is 5.73 Å². The molecule has 1 aromatic heterocycles. The highest BCUT2D eigenvalue weighted by Crippen LogP contribution is 1.96. The maximum atomic E-state index is 11.4. The Labute approximate surface area is 108 Å². The minimum absolute atomic E-state index is 0.0784. The maximum Gasteiger partial charge on any atom is 0.328 e. The number of aliphatic carboxylic acids is 1. The minimum Gasteiger partial charge on any atom is -0.480 e. The zero-order valence-electron chi connectivity index (χ0n) is 10.2. The Morgan fingerprint density at radius 3 is 2.68 bits per heavy atom. The van der Waals surface area contributed by atoms with Crippen LogP contribution in [-0.4, -0.2) is 44.5 Å². The third-order valence-electron chi connectivity index (χ3n) is 2.13. The second-order valence-corrected chi connectivity index (χ2v) is 3.69. The van der Waals surface area contributed by atoms with Crippen molar-refractivity contribution in [3.63, 3.8) is 0 Å². The first-order valence-electron chi connectivity index (χ1n) is 5.40. The molecule has 2 atom stereocenters. The maximum absolute atomic E-state index is 11.4. The summed E-state index contributed by atoms with van der Waals surface area (Å²) in [5.74, 6) is -0.905. The third-order valence-corrected chi connectivity index (χ3v) is 2.13. The van der Waals surface area contributed by atoms with Gasteiger partial charge in [-0.05, 0) is 6.92 Å². The Bertz CT molecular complexity index is 446. The summed E-state index contributed by atoms with van der Waals surface area (Å²) in [4.78, 5) is 26.0. The number of aliphatic hydroxyl groups is 1. The van der Waals surface area contributed by atoms with Crippen LogP contribution < -0.4 is 16.4 Å². The summed E-state index contributed by atoms with van der Waals surface area (Å²) in [5, 5.41) is 25.9. The van der Waals surface area contributed by atoms with Crippen LogP contribution in [0.3, 0.4) is 0 Å². The molecule has 0 bridgehead atoms. The SMILES string of the molecule is CC(O)C(NC(=O)NCc1nc(CN)no1)C(=O)O. The molecule has 0 saturated carbocycles. The lowest BCUT2D eigenvalue weighted by atomic mass is 10.2. The van der Waals surface area contributed by atoms with Crippen molar-refractivity contribution in [1.82, 2.24) is 20.8 Å². The van der Waals surface area contributed by atoms with Gasteiger partial charge in [-0.2, -0.15) is 4.98 Å². The van der Waals surface area contributed by atoms with Crippen molar-refractivity contribution in [3.05, 3.63) is 11.7 Å². The van der Waals surface area contributed by atoms with Crippen molar-refractivity contribution in [2.75, 3.05) is 0 Å². The number of rotatable bonds is 6. The fourth-order valence-corrected chi connectivity index (χ4v) is 1.18. The molecule has 10 nitrogen and oxygen atoms in total. The molecule has 2 unspecified atom stereocenters. The standard InChI is InChI=1S/C9H15N5O5/c1-4(15)7(8(16)17)13-9(18)11-3-6-12-5(2-10)14-19-6/h4,7,15H,2-3,10H2,1H3,(H,16,17)(H2,11,13,18). The number of carboxylic acid groups (broad SMARTS) is 1. The van der Waals surface area contributed by atoms with E-state index in [1.54, 1.807) is 0 Å². The monoisotopic (exact) mass is 273 g/mol. The lowest BCUT2D eigenvalue weighted by Gasteiger charge is -2.16. The van der Waals surface area contributed by atoms with Crippen LogP contribution in [-0.2, 0) is 17.9 Å². The Kier molecular flexibility index (Phi) is 5.21. The number of urea groups is 1. The molecule has 0 aliphatic heterocycles. The lowest BCUT2D eigenvalue weighted by Crippen LogP contribution is -2.51. The number of hydrogen-bond acceptors (Lipinski definition) is 7. The third kappa shape index (κ3) is 4.52. The number of amides is 2. The molecule has 0 aliphatic carbocycles. The van der Waals surface area contributed by atoms with E-state index in [1.807, 2.05) is 0 Å². The fraction of sp³-hybridized carbons (Fsp3) is 0.556. The number of nitrogens with two attached hydrogens (primary N) is 1. The van der Waals surface area contributed by atoms with Crippen molar-refractivity contribution in [2.45, 2.75) is 32.2 Å². The van der Waals surface area contributed by atoms with Crippen LogP contribution in [0.15, 0.2) is 4.52 Å². The second kappa shape index (κ2) is 6.66. The first-order chi connectivity index (χ1) is 8.93. The summed E-state index contributed by atoms with van der Waals surface area (Å²) < 4.78 is 4.76. The molecule has 2 amide bonds. The van der Waals surface area contributed by atoms with Gasteiger partial charge in [0, 0.05) is 0 Å². The highest BCUT2D eigenvalue weighted by Gasteiger charge is 2.24. The van der Waals surface area contributed by atoms with E-state index in [4.69, 9.17) is 15.4 Å². The summed E-state index contributed by atoms with van der Waals surface area (Å²) in [6, 6.07) is -2.18. The predicted molar refractivity (Wildman–Crippen MR) is 60.7 cm³/mol. The van der Waals surface area contributed by atoms with Crippen molar-refractivity contribution in [3.8, 4) is 0 Å². The minimum atomic E-state index is -1.40. The van der Waals surface area contributed by atoms with Crippen LogP contribution in [0.2, 0.25) is 0 Å². The lowest BCUT2D eigenvalue weighted by molar-refractivity contribution is -0.141. The molecule has 106 valence electrons. The molecule has 10 heteroatoms. The molecule has 0 spiro atoms.